The standard InChI is InChI=1S/C16H22N2O/c1-4-16(5-2,19-3)15(17)13-10-6-8-12-9-7-11-18-14(12)13/h6-11,15H,4-5,17H2,1-3H3. The quantitative estimate of drug-likeness (QED) is 0.893. The normalized spacial score (nSPS) is 13.7. The van der Waals surface area contributed by atoms with Crippen molar-refractivity contribution < 1.29 is 4.74 Å². The third kappa shape index (κ3) is 2.36. The van der Waals surface area contributed by atoms with Crippen LogP contribution in [0.2, 0.25) is 0 Å². The van der Waals surface area contributed by atoms with Gasteiger partial charge in [0.15, 0.2) is 0 Å². The number of para-hydroxylation sites is 1. The lowest BCUT2D eigenvalue weighted by Crippen LogP contribution is -2.42. The Morgan fingerprint density at radius 2 is 1.89 bits per heavy atom. The molecule has 0 fully saturated rings. The summed E-state index contributed by atoms with van der Waals surface area (Å²) in [7, 11) is 1.74. The molecule has 0 spiro atoms. The predicted octanol–water partition coefficient (Wildman–Crippen LogP) is 3.44. The van der Waals surface area contributed by atoms with Crippen LogP contribution in [-0.4, -0.2) is 17.7 Å². The molecule has 0 radical (unpaired) electrons. The third-order valence-corrected chi connectivity index (χ3v) is 4.17. The molecule has 1 aromatic heterocycles. The molecule has 102 valence electrons. The molecule has 0 saturated carbocycles. The molecule has 2 aromatic rings. The number of hydrogen-bond donors (Lipinski definition) is 1. The molecular formula is C16H22N2O. The molecule has 3 heteroatoms. The van der Waals surface area contributed by atoms with Crippen LogP contribution in [0.5, 0.6) is 0 Å². The van der Waals surface area contributed by atoms with Crippen molar-refractivity contribution in [3.8, 4) is 0 Å². The maximum absolute atomic E-state index is 6.51. The number of aromatic nitrogens is 1. The number of nitrogens with zero attached hydrogens (tertiary/aromatic N) is 1. The second-order valence-corrected chi connectivity index (χ2v) is 4.88. The van der Waals surface area contributed by atoms with Crippen LogP contribution in [0.1, 0.15) is 38.3 Å². The van der Waals surface area contributed by atoms with Gasteiger partial charge in [-0.05, 0) is 24.5 Å². The average Bonchev–Trinajstić information content (AvgIpc) is 2.49. The molecule has 0 aliphatic carbocycles. The Kier molecular flexibility index (Phi) is 4.17. The lowest BCUT2D eigenvalue weighted by molar-refractivity contribution is -0.0382. The van der Waals surface area contributed by atoms with Crippen molar-refractivity contribution >= 4 is 10.9 Å². The molecule has 0 aliphatic heterocycles. The summed E-state index contributed by atoms with van der Waals surface area (Å²) in [6, 6.07) is 9.98. The van der Waals surface area contributed by atoms with Gasteiger partial charge in [0.2, 0.25) is 0 Å². The topological polar surface area (TPSA) is 48.1 Å². The zero-order valence-electron chi connectivity index (χ0n) is 11.9. The number of hydrogen-bond acceptors (Lipinski definition) is 3. The van der Waals surface area contributed by atoms with Gasteiger partial charge in [-0.1, -0.05) is 38.1 Å². The van der Waals surface area contributed by atoms with Crippen LogP contribution in [0.15, 0.2) is 36.5 Å². The number of rotatable bonds is 5. The summed E-state index contributed by atoms with van der Waals surface area (Å²) in [5.74, 6) is 0. The van der Waals surface area contributed by atoms with Crippen molar-refractivity contribution in [3.63, 3.8) is 0 Å². The third-order valence-electron chi connectivity index (χ3n) is 4.17. The van der Waals surface area contributed by atoms with E-state index in [1.54, 1.807) is 7.11 Å². The highest BCUT2D eigenvalue weighted by Crippen LogP contribution is 2.35. The van der Waals surface area contributed by atoms with Gasteiger partial charge < -0.3 is 10.5 Å². The van der Waals surface area contributed by atoms with Crippen LogP contribution in [-0.2, 0) is 4.74 Å². The summed E-state index contributed by atoms with van der Waals surface area (Å²) < 4.78 is 5.75. The molecule has 19 heavy (non-hydrogen) atoms. The molecular weight excluding hydrogens is 236 g/mol. The molecule has 0 amide bonds. The molecule has 2 N–H and O–H groups in total. The van der Waals surface area contributed by atoms with Crippen LogP contribution in [0.4, 0.5) is 0 Å². The van der Waals surface area contributed by atoms with Crippen LogP contribution >= 0.6 is 0 Å². The molecule has 1 atom stereocenters. The number of pyridine rings is 1. The van der Waals surface area contributed by atoms with Gasteiger partial charge in [0.25, 0.3) is 0 Å². The van der Waals surface area contributed by atoms with Crippen LogP contribution < -0.4 is 5.73 Å². The minimum absolute atomic E-state index is 0.175. The number of methoxy groups -OCH3 is 1. The van der Waals surface area contributed by atoms with Gasteiger partial charge in [-0.3, -0.25) is 4.98 Å². The van der Waals surface area contributed by atoms with E-state index in [1.807, 2.05) is 18.3 Å². The van der Waals surface area contributed by atoms with E-state index in [-0.39, 0.29) is 11.6 Å². The zero-order chi connectivity index (χ0) is 13.9. The van der Waals surface area contributed by atoms with Crippen LogP contribution in [0.3, 0.4) is 0 Å². The van der Waals surface area contributed by atoms with E-state index in [0.717, 1.165) is 29.3 Å². The van der Waals surface area contributed by atoms with Crippen molar-refractivity contribution in [3.05, 3.63) is 42.1 Å². The lowest BCUT2D eigenvalue weighted by atomic mass is 9.83. The molecule has 3 nitrogen and oxygen atoms in total. The first-order valence-electron chi connectivity index (χ1n) is 6.83. The summed E-state index contributed by atoms with van der Waals surface area (Å²) >= 11 is 0. The first-order chi connectivity index (χ1) is 9.18. The summed E-state index contributed by atoms with van der Waals surface area (Å²) in [6.45, 7) is 4.23. The minimum Gasteiger partial charge on any atom is -0.376 e. The van der Waals surface area contributed by atoms with E-state index in [9.17, 15) is 0 Å². The first-order valence-corrected chi connectivity index (χ1v) is 6.83. The van der Waals surface area contributed by atoms with Crippen molar-refractivity contribution in [1.82, 2.24) is 4.98 Å². The van der Waals surface area contributed by atoms with Crippen molar-refractivity contribution in [2.45, 2.75) is 38.3 Å². The molecule has 1 aromatic carbocycles. The summed E-state index contributed by atoms with van der Waals surface area (Å²) in [4.78, 5) is 4.48. The van der Waals surface area contributed by atoms with Gasteiger partial charge >= 0.3 is 0 Å². The fourth-order valence-corrected chi connectivity index (χ4v) is 2.77. The maximum atomic E-state index is 6.51. The number of fused-ring (bicyclic) bond motifs is 1. The zero-order valence-corrected chi connectivity index (χ0v) is 11.9. The molecule has 1 unspecified atom stereocenters. The highest BCUT2D eigenvalue weighted by molar-refractivity contribution is 5.82. The molecule has 0 bridgehead atoms. The lowest BCUT2D eigenvalue weighted by Gasteiger charge is -2.36. The Labute approximate surface area is 114 Å². The van der Waals surface area contributed by atoms with Crippen LogP contribution in [0, 0.1) is 0 Å². The van der Waals surface area contributed by atoms with Gasteiger partial charge in [0.05, 0.1) is 17.2 Å². The smallest absolute Gasteiger partial charge is 0.0865 e. The highest BCUT2D eigenvalue weighted by atomic mass is 16.5. The van der Waals surface area contributed by atoms with E-state index >= 15 is 0 Å². The highest BCUT2D eigenvalue weighted by Gasteiger charge is 2.35. The van der Waals surface area contributed by atoms with Crippen molar-refractivity contribution in [1.29, 1.82) is 0 Å². The molecule has 0 aliphatic rings. The van der Waals surface area contributed by atoms with Gasteiger partial charge in [0, 0.05) is 18.7 Å². The Morgan fingerprint density at radius 1 is 1.21 bits per heavy atom. The molecule has 1 heterocycles. The van der Waals surface area contributed by atoms with E-state index in [4.69, 9.17) is 10.5 Å². The Bertz CT molecular complexity index is 536. The minimum atomic E-state index is -0.328. The maximum Gasteiger partial charge on any atom is 0.0865 e. The fourth-order valence-electron chi connectivity index (χ4n) is 2.77. The van der Waals surface area contributed by atoms with Gasteiger partial charge in [-0.15, -0.1) is 0 Å². The Hall–Kier alpha value is -1.45. The summed E-state index contributed by atoms with van der Waals surface area (Å²) in [6.07, 6.45) is 3.57. The van der Waals surface area contributed by atoms with E-state index in [1.165, 1.54) is 0 Å². The average molecular weight is 258 g/mol. The van der Waals surface area contributed by atoms with Gasteiger partial charge in [-0.25, -0.2) is 0 Å². The largest absolute Gasteiger partial charge is 0.376 e. The van der Waals surface area contributed by atoms with Gasteiger partial charge in [0.1, 0.15) is 0 Å². The molecule has 0 saturated heterocycles. The molecule has 2 rings (SSSR count). The SMILES string of the molecule is CCC(CC)(OC)C(N)c1cccc2cccnc12. The van der Waals surface area contributed by atoms with E-state index in [0.29, 0.717) is 0 Å². The Morgan fingerprint density at radius 3 is 2.53 bits per heavy atom. The second kappa shape index (κ2) is 5.68. The van der Waals surface area contributed by atoms with E-state index < -0.39 is 0 Å². The second-order valence-electron chi connectivity index (χ2n) is 4.88. The summed E-state index contributed by atoms with van der Waals surface area (Å²) in [5, 5.41) is 1.12. The van der Waals surface area contributed by atoms with Crippen molar-refractivity contribution in [2.24, 2.45) is 5.73 Å². The van der Waals surface area contributed by atoms with Crippen molar-refractivity contribution in [2.75, 3.05) is 7.11 Å². The summed E-state index contributed by atoms with van der Waals surface area (Å²) in [5.41, 5.74) is 8.21. The van der Waals surface area contributed by atoms with E-state index in [2.05, 4.69) is 37.0 Å². The first kappa shape index (κ1) is 14.0. The number of nitrogens with two attached hydrogens (primary N) is 1. The monoisotopic (exact) mass is 258 g/mol. The van der Waals surface area contributed by atoms with Gasteiger partial charge in [-0.2, -0.15) is 0 Å². The number of ether oxygens (including phenoxy) is 1. The number of benzene rings is 1. The predicted molar refractivity (Wildman–Crippen MR) is 79.0 cm³/mol. The fraction of sp³-hybridized carbons (Fsp3) is 0.438. The Balaban J connectivity index is 2.55. The van der Waals surface area contributed by atoms with Crippen LogP contribution in [0.25, 0.3) is 10.9 Å².